The molecule has 3 heterocycles. The molecule has 8 aromatic rings. The summed E-state index contributed by atoms with van der Waals surface area (Å²) in [6.07, 6.45) is 9.28. The van der Waals surface area contributed by atoms with E-state index >= 15 is 0 Å². The second-order valence-corrected chi connectivity index (χ2v) is 33.7. The molecule has 4 nitrogen and oxygen atoms in total. The summed E-state index contributed by atoms with van der Waals surface area (Å²) in [4.78, 5) is 7.84. The van der Waals surface area contributed by atoms with E-state index in [9.17, 15) is 0 Å². The van der Waals surface area contributed by atoms with Gasteiger partial charge in [-0.3, -0.25) is 0 Å². The number of para-hydroxylation sites is 1. The van der Waals surface area contributed by atoms with Crippen molar-refractivity contribution in [1.82, 2.24) is 0 Å². The van der Waals surface area contributed by atoms with Crippen LogP contribution in [0.2, 0.25) is 0 Å². The van der Waals surface area contributed by atoms with Crippen LogP contribution in [0.15, 0.2) is 132 Å². The molecule has 7 aromatic carbocycles. The molecule has 0 spiro atoms. The molecule has 0 fully saturated rings. The molecule has 85 heavy (non-hydrogen) atoms. The van der Waals surface area contributed by atoms with Gasteiger partial charge in [0.05, 0.1) is 11.3 Å². The average Bonchev–Trinajstić information content (AvgIpc) is 1.70. The molecule has 2 aliphatic heterocycles. The summed E-state index contributed by atoms with van der Waals surface area (Å²) >= 11 is 0. The summed E-state index contributed by atoms with van der Waals surface area (Å²) in [5, 5.41) is 1.20. The zero-order valence-electron chi connectivity index (χ0n) is 55.1. The number of rotatable bonds is 5. The first-order valence-corrected chi connectivity index (χ1v) is 32.5. The van der Waals surface area contributed by atoms with Gasteiger partial charge in [-0.05, 0) is 252 Å². The summed E-state index contributed by atoms with van der Waals surface area (Å²) in [6, 6.07) is 51.0. The molecule has 0 N–H and O–H groups in total. The van der Waals surface area contributed by atoms with E-state index in [-0.39, 0.29) is 55.4 Å². The fourth-order valence-electron chi connectivity index (χ4n) is 16.8. The van der Waals surface area contributed by atoms with Crippen LogP contribution >= 0.6 is 0 Å². The molecule has 438 valence electrons. The SMILES string of the molecule is CC(C)(C)c1cc2c3c(c1)N(c1ccc(N(c4ccccc4)c4ccc5c(c4)C(C)(C)CCC5(C)C)cc1)c1c(oc4cc5c(cc14)C(C)(C)CCC5(C)C)B3c1cc3c(cc1N2c1ccc2c(c1)C(C)(C)CCC2(C)C)C(C)(C)CCC3(C)C. The van der Waals surface area contributed by atoms with Crippen LogP contribution in [0.3, 0.4) is 0 Å². The minimum Gasteiger partial charge on any atom is -0.468 e. The van der Waals surface area contributed by atoms with Crippen molar-refractivity contribution in [2.24, 2.45) is 0 Å². The molecular weight excluding hydrogens is 1030 g/mol. The minimum absolute atomic E-state index is 0.000240. The van der Waals surface area contributed by atoms with Crippen molar-refractivity contribution in [3.63, 3.8) is 0 Å². The van der Waals surface area contributed by atoms with Crippen molar-refractivity contribution >= 4 is 85.5 Å². The Morgan fingerprint density at radius 3 is 1.35 bits per heavy atom. The lowest BCUT2D eigenvalue weighted by atomic mass is 9.35. The van der Waals surface area contributed by atoms with Crippen LogP contribution in [0.5, 0.6) is 0 Å². The second-order valence-electron chi connectivity index (χ2n) is 33.7. The van der Waals surface area contributed by atoms with Crippen LogP contribution in [0.1, 0.15) is 233 Å². The van der Waals surface area contributed by atoms with Crippen molar-refractivity contribution in [2.45, 2.75) is 232 Å². The predicted octanol–water partition coefficient (Wildman–Crippen LogP) is 20.7. The van der Waals surface area contributed by atoms with Crippen LogP contribution in [-0.4, -0.2) is 6.71 Å². The summed E-state index contributed by atoms with van der Waals surface area (Å²) < 4.78 is 7.86. The first-order valence-electron chi connectivity index (χ1n) is 32.5. The van der Waals surface area contributed by atoms with E-state index in [0.717, 1.165) is 60.4 Å². The van der Waals surface area contributed by atoms with Crippen LogP contribution in [-0.2, 0) is 48.7 Å². The molecule has 14 rings (SSSR count). The minimum atomic E-state index is -0.172. The highest BCUT2D eigenvalue weighted by Crippen LogP contribution is 2.56. The Kier molecular flexibility index (Phi) is 12.0. The van der Waals surface area contributed by atoms with E-state index in [1.54, 1.807) is 0 Å². The Labute approximate surface area is 510 Å². The molecule has 0 bridgehead atoms. The van der Waals surface area contributed by atoms with Gasteiger partial charge < -0.3 is 19.1 Å². The van der Waals surface area contributed by atoms with E-state index in [1.165, 1.54) is 120 Å². The van der Waals surface area contributed by atoms with Gasteiger partial charge in [0, 0.05) is 50.9 Å². The van der Waals surface area contributed by atoms with Gasteiger partial charge in [-0.1, -0.05) is 168 Å². The highest BCUT2D eigenvalue weighted by Gasteiger charge is 2.51. The molecule has 1 aromatic heterocycles. The molecule has 0 unspecified atom stereocenters. The van der Waals surface area contributed by atoms with E-state index in [4.69, 9.17) is 4.42 Å². The summed E-state index contributed by atoms with van der Waals surface area (Å²) in [5.41, 5.74) is 28.7. The van der Waals surface area contributed by atoms with Crippen molar-refractivity contribution in [2.75, 3.05) is 14.7 Å². The van der Waals surface area contributed by atoms with Crippen LogP contribution in [0.25, 0.3) is 11.0 Å². The molecule has 4 aliphatic carbocycles. The summed E-state index contributed by atoms with van der Waals surface area (Å²) in [7, 11) is 0. The largest absolute Gasteiger partial charge is 0.468 e. The Bertz CT molecular complexity index is 4080. The quantitative estimate of drug-likeness (QED) is 0.160. The molecule has 0 amide bonds. The van der Waals surface area contributed by atoms with Gasteiger partial charge in [-0.25, -0.2) is 0 Å². The number of furan rings is 1. The van der Waals surface area contributed by atoms with Gasteiger partial charge in [-0.15, -0.1) is 0 Å². The number of fused-ring (bicyclic) bond motifs is 10. The van der Waals surface area contributed by atoms with Crippen LogP contribution in [0.4, 0.5) is 51.2 Å². The molecule has 0 saturated carbocycles. The first kappa shape index (κ1) is 56.4. The fraction of sp³-hybridized carbons (Fsp3) is 0.450. The maximum absolute atomic E-state index is 7.86. The molecule has 0 radical (unpaired) electrons. The lowest BCUT2D eigenvalue weighted by molar-refractivity contribution is 0.332. The predicted molar refractivity (Wildman–Crippen MR) is 365 cm³/mol. The van der Waals surface area contributed by atoms with E-state index in [2.05, 4.69) is 274 Å². The molecule has 0 atom stereocenters. The normalized spacial score (nSPS) is 21.0. The standard InChI is InChI=1S/C80H94BN3O/c1-72(2,3)49-41-66-69-67(42-49)84(52-27-25-51(26-28-52)82(50-23-21-20-22-24-50)53-29-31-56-58(43-53)75(8,9)35-33-73(56,4)5)70-55-45-60-63(80(18,19)40-37-77(60,12)13)48-68(55)85-71(70)81(69)64-46-61-62(79(16,17)39-38-78(61,14)15)47-65(64)83(66)54-30-32-57-59(44-54)76(10,11)36-34-74(57,6)7/h20-32,41-48H,33-40H2,1-19H3. The van der Waals surface area contributed by atoms with Crippen molar-refractivity contribution < 1.29 is 4.42 Å². The third kappa shape index (κ3) is 8.55. The molecule has 5 heteroatoms. The van der Waals surface area contributed by atoms with Crippen molar-refractivity contribution in [1.29, 1.82) is 0 Å². The van der Waals surface area contributed by atoms with E-state index in [1.807, 2.05) is 0 Å². The zero-order valence-corrected chi connectivity index (χ0v) is 55.1. The smallest absolute Gasteiger partial charge is 0.297 e. The molecule has 0 saturated heterocycles. The third-order valence-electron chi connectivity index (χ3n) is 23.0. The van der Waals surface area contributed by atoms with Crippen molar-refractivity contribution in [3.05, 3.63) is 177 Å². The van der Waals surface area contributed by atoms with Gasteiger partial charge >= 0.3 is 0 Å². The maximum Gasteiger partial charge on any atom is 0.297 e. The number of nitrogens with zero attached hydrogens (tertiary/aromatic N) is 3. The van der Waals surface area contributed by atoms with Gasteiger partial charge in [0.15, 0.2) is 0 Å². The summed E-state index contributed by atoms with van der Waals surface area (Å²) in [6.45, 7) is 46.5. The Balaban J connectivity index is 1.06. The maximum atomic E-state index is 7.86. The average molecular weight is 1120 g/mol. The highest BCUT2D eigenvalue weighted by molar-refractivity contribution is 7.00. The first-order chi connectivity index (χ1) is 39.7. The molecule has 6 aliphatic rings. The van der Waals surface area contributed by atoms with Crippen LogP contribution < -0.4 is 31.3 Å². The van der Waals surface area contributed by atoms with Gasteiger partial charge in [-0.2, -0.15) is 0 Å². The second kappa shape index (κ2) is 18.1. The van der Waals surface area contributed by atoms with Gasteiger partial charge in [0.2, 0.25) is 0 Å². The summed E-state index contributed by atoms with van der Waals surface area (Å²) in [5.74, 6) is 0. The van der Waals surface area contributed by atoms with Crippen LogP contribution in [0, 0.1) is 0 Å². The van der Waals surface area contributed by atoms with Gasteiger partial charge in [0.25, 0.3) is 6.71 Å². The zero-order chi connectivity index (χ0) is 60.3. The van der Waals surface area contributed by atoms with Gasteiger partial charge in [0.1, 0.15) is 5.58 Å². The molecular formula is C80H94BN3O. The highest BCUT2D eigenvalue weighted by atomic mass is 16.3. The number of hydrogen-bond acceptors (Lipinski definition) is 4. The number of hydrogen-bond donors (Lipinski definition) is 0. The Hall–Kier alpha value is -6.46. The Morgan fingerprint density at radius 2 is 0.812 bits per heavy atom. The topological polar surface area (TPSA) is 22.9 Å². The lowest BCUT2D eigenvalue weighted by Crippen LogP contribution is -2.61. The number of benzene rings is 7. The third-order valence-corrected chi connectivity index (χ3v) is 23.0. The fourth-order valence-corrected chi connectivity index (χ4v) is 16.8. The van der Waals surface area contributed by atoms with Crippen molar-refractivity contribution in [3.8, 4) is 0 Å². The van der Waals surface area contributed by atoms with E-state index in [0.29, 0.717) is 0 Å². The van der Waals surface area contributed by atoms with E-state index < -0.39 is 0 Å². The number of anilines is 9. The Morgan fingerprint density at radius 1 is 0.388 bits per heavy atom. The lowest BCUT2D eigenvalue weighted by Gasteiger charge is -2.47. The monoisotopic (exact) mass is 1120 g/mol.